The van der Waals surface area contributed by atoms with Crippen LogP contribution < -0.4 is 10.6 Å². The third-order valence-corrected chi connectivity index (χ3v) is 3.34. The predicted molar refractivity (Wildman–Crippen MR) is 89.8 cm³/mol. The van der Waals surface area contributed by atoms with Crippen molar-refractivity contribution in [2.45, 2.75) is 25.8 Å². The molecule has 0 atom stereocenters. The lowest BCUT2D eigenvalue weighted by atomic mass is 9.98. The molecule has 0 spiro atoms. The van der Waals surface area contributed by atoms with E-state index in [0.29, 0.717) is 0 Å². The molecule has 0 aliphatic rings. The summed E-state index contributed by atoms with van der Waals surface area (Å²) in [7, 11) is 1.85. The van der Waals surface area contributed by atoms with Gasteiger partial charge in [-0.2, -0.15) is 4.68 Å². The summed E-state index contributed by atoms with van der Waals surface area (Å²) < 4.78 is 1.53. The van der Waals surface area contributed by atoms with Crippen LogP contribution in [0.5, 0.6) is 0 Å². The number of benzene rings is 1. The van der Waals surface area contributed by atoms with Gasteiger partial charge in [0.1, 0.15) is 11.4 Å². The normalized spacial score (nSPS) is 12.2. The molecule has 2 rings (SSSR count). The van der Waals surface area contributed by atoms with Crippen molar-refractivity contribution >= 4 is 16.9 Å². The van der Waals surface area contributed by atoms with Gasteiger partial charge in [-0.05, 0) is 32.2 Å². The molecule has 6 nitrogen and oxygen atoms in total. The van der Waals surface area contributed by atoms with E-state index >= 15 is 0 Å². The highest BCUT2D eigenvalue weighted by molar-refractivity contribution is 5.97. The van der Waals surface area contributed by atoms with Crippen molar-refractivity contribution in [3.63, 3.8) is 0 Å². The minimum Gasteiger partial charge on any atom is -0.391 e. The van der Waals surface area contributed by atoms with Gasteiger partial charge in [0.05, 0.1) is 5.52 Å². The van der Waals surface area contributed by atoms with E-state index in [0.717, 1.165) is 23.2 Å². The first-order valence-corrected chi connectivity index (χ1v) is 7.13. The van der Waals surface area contributed by atoms with Crippen LogP contribution in [0.1, 0.15) is 20.3 Å². The van der Waals surface area contributed by atoms with Gasteiger partial charge >= 0.3 is 0 Å². The minimum atomic E-state index is -0.151. The lowest BCUT2D eigenvalue weighted by Gasteiger charge is -2.26. The van der Waals surface area contributed by atoms with Crippen molar-refractivity contribution < 1.29 is 0 Å². The van der Waals surface area contributed by atoms with Crippen LogP contribution in [-0.4, -0.2) is 33.4 Å². The standard InChI is InChI=1S/C16H22N6/c1-5-19-16(2,3)11-12(18-4)10-15(17)22-14-9-7-6-8-13(14)20-21-22/h5-10,17-19H,1,11H2,2-4H3/b12-10-,17-15?. The molecule has 0 bridgehead atoms. The smallest absolute Gasteiger partial charge is 0.150 e. The van der Waals surface area contributed by atoms with Crippen molar-refractivity contribution in [2.75, 3.05) is 7.05 Å². The molecule has 3 N–H and O–H groups in total. The Bertz CT molecular complexity index is 710. The van der Waals surface area contributed by atoms with Gasteiger partial charge in [0, 0.05) is 30.8 Å². The molecule has 0 aliphatic carbocycles. The number of nitrogens with zero attached hydrogens (tertiary/aromatic N) is 3. The quantitative estimate of drug-likeness (QED) is 0.564. The third-order valence-electron chi connectivity index (χ3n) is 3.34. The van der Waals surface area contributed by atoms with E-state index < -0.39 is 0 Å². The van der Waals surface area contributed by atoms with Gasteiger partial charge in [-0.15, -0.1) is 5.10 Å². The Labute approximate surface area is 130 Å². The summed E-state index contributed by atoms with van der Waals surface area (Å²) in [5, 5.41) is 22.7. The summed E-state index contributed by atoms with van der Waals surface area (Å²) in [6.07, 6.45) is 4.18. The Morgan fingerprint density at radius 2 is 2.14 bits per heavy atom. The maximum atomic E-state index is 8.28. The molecule has 2 aromatic rings. The summed E-state index contributed by atoms with van der Waals surface area (Å²) in [6, 6.07) is 7.60. The molecule has 0 saturated carbocycles. The molecule has 0 fully saturated rings. The highest BCUT2D eigenvalue weighted by Crippen LogP contribution is 2.15. The maximum absolute atomic E-state index is 8.28. The summed E-state index contributed by atoms with van der Waals surface area (Å²) >= 11 is 0. The van der Waals surface area contributed by atoms with E-state index in [9.17, 15) is 0 Å². The van der Waals surface area contributed by atoms with Crippen LogP contribution in [0.3, 0.4) is 0 Å². The van der Waals surface area contributed by atoms with Gasteiger partial charge < -0.3 is 10.6 Å². The van der Waals surface area contributed by atoms with Gasteiger partial charge in [0.25, 0.3) is 0 Å². The Hall–Kier alpha value is -2.63. The van der Waals surface area contributed by atoms with Crippen molar-refractivity contribution in [1.82, 2.24) is 25.6 Å². The molecule has 0 amide bonds. The van der Waals surface area contributed by atoms with Crippen LogP contribution in [0.25, 0.3) is 11.0 Å². The zero-order chi connectivity index (χ0) is 16.2. The predicted octanol–water partition coefficient (Wildman–Crippen LogP) is 2.26. The highest BCUT2D eigenvalue weighted by Gasteiger charge is 2.18. The number of rotatable bonds is 6. The van der Waals surface area contributed by atoms with Crippen LogP contribution in [0.4, 0.5) is 0 Å². The molecular formula is C16H22N6. The number of nitrogens with one attached hydrogen (secondary N) is 3. The lowest BCUT2D eigenvalue weighted by Crippen LogP contribution is -2.37. The number of aromatic nitrogens is 3. The second-order valence-corrected chi connectivity index (χ2v) is 5.70. The first kappa shape index (κ1) is 15.8. The Morgan fingerprint density at radius 1 is 1.41 bits per heavy atom. The van der Waals surface area contributed by atoms with Crippen molar-refractivity contribution in [1.29, 1.82) is 5.41 Å². The van der Waals surface area contributed by atoms with E-state index in [1.165, 1.54) is 4.68 Å². The highest BCUT2D eigenvalue weighted by atomic mass is 15.4. The third kappa shape index (κ3) is 3.52. The number of hydrogen-bond acceptors (Lipinski definition) is 5. The monoisotopic (exact) mass is 298 g/mol. The summed E-state index contributed by atoms with van der Waals surface area (Å²) in [6.45, 7) is 7.85. The second-order valence-electron chi connectivity index (χ2n) is 5.70. The zero-order valence-corrected chi connectivity index (χ0v) is 13.2. The maximum Gasteiger partial charge on any atom is 0.150 e. The molecule has 0 unspecified atom stereocenters. The van der Waals surface area contributed by atoms with Crippen molar-refractivity contribution in [3.05, 3.63) is 48.8 Å². The van der Waals surface area contributed by atoms with Gasteiger partial charge in [-0.1, -0.05) is 23.9 Å². The van der Waals surface area contributed by atoms with E-state index in [1.807, 2.05) is 31.3 Å². The van der Waals surface area contributed by atoms with E-state index in [-0.39, 0.29) is 11.4 Å². The first-order chi connectivity index (χ1) is 10.5. The molecular weight excluding hydrogens is 276 g/mol. The zero-order valence-electron chi connectivity index (χ0n) is 13.2. The molecule has 0 radical (unpaired) electrons. The average molecular weight is 298 g/mol. The van der Waals surface area contributed by atoms with Crippen LogP contribution >= 0.6 is 0 Å². The van der Waals surface area contributed by atoms with E-state index in [2.05, 4.69) is 41.4 Å². The number of fused-ring (bicyclic) bond motifs is 1. The van der Waals surface area contributed by atoms with Crippen molar-refractivity contribution in [3.8, 4) is 0 Å². The fourth-order valence-corrected chi connectivity index (χ4v) is 2.29. The molecule has 1 aromatic heterocycles. The molecule has 0 saturated heterocycles. The average Bonchev–Trinajstić information content (AvgIpc) is 2.90. The summed E-state index contributed by atoms with van der Waals surface area (Å²) in [5.41, 5.74) is 2.38. The lowest BCUT2D eigenvalue weighted by molar-refractivity contribution is 0.431. The molecule has 116 valence electrons. The number of allylic oxidation sites excluding steroid dienone is 1. The van der Waals surface area contributed by atoms with Gasteiger partial charge in [-0.3, -0.25) is 5.41 Å². The number of para-hydroxylation sites is 1. The fraction of sp³-hybridized carbons (Fsp3) is 0.312. The van der Waals surface area contributed by atoms with Crippen molar-refractivity contribution in [2.24, 2.45) is 0 Å². The molecule has 22 heavy (non-hydrogen) atoms. The SMILES string of the molecule is C=CNC(C)(C)C/C(=C/C(=N)n1nnc2ccccc21)NC. The largest absolute Gasteiger partial charge is 0.391 e. The Kier molecular flexibility index (Phi) is 4.60. The number of hydrogen-bond donors (Lipinski definition) is 3. The first-order valence-electron chi connectivity index (χ1n) is 7.13. The van der Waals surface area contributed by atoms with E-state index in [4.69, 9.17) is 5.41 Å². The van der Waals surface area contributed by atoms with Crippen LogP contribution in [0.2, 0.25) is 0 Å². The molecule has 1 aromatic carbocycles. The van der Waals surface area contributed by atoms with Crippen LogP contribution in [-0.2, 0) is 0 Å². The Balaban J connectivity index is 2.25. The van der Waals surface area contributed by atoms with Crippen LogP contribution in [0.15, 0.2) is 48.8 Å². The molecule has 6 heteroatoms. The summed E-state index contributed by atoms with van der Waals surface area (Å²) in [4.78, 5) is 0. The van der Waals surface area contributed by atoms with Gasteiger partial charge in [0.2, 0.25) is 0 Å². The van der Waals surface area contributed by atoms with Crippen LogP contribution in [0, 0.1) is 5.41 Å². The minimum absolute atomic E-state index is 0.151. The summed E-state index contributed by atoms with van der Waals surface area (Å²) in [5.74, 6) is 0.271. The molecule has 1 heterocycles. The topological polar surface area (TPSA) is 78.6 Å². The fourth-order valence-electron chi connectivity index (χ4n) is 2.29. The second kappa shape index (κ2) is 6.43. The molecule has 0 aliphatic heterocycles. The van der Waals surface area contributed by atoms with E-state index in [1.54, 1.807) is 12.3 Å². The van der Waals surface area contributed by atoms with Gasteiger partial charge in [-0.25, -0.2) is 0 Å². The Morgan fingerprint density at radius 3 is 2.82 bits per heavy atom. The van der Waals surface area contributed by atoms with Gasteiger partial charge in [0.15, 0.2) is 0 Å².